The summed E-state index contributed by atoms with van der Waals surface area (Å²) < 4.78 is 0. The summed E-state index contributed by atoms with van der Waals surface area (Å²) in [7, 11) is 0. The number of carbonyl (C=O) groups is 1. The van der Waals surface area contributed by atoms with E-state index in [1.807, 2.05) is 0 Å². The van der Waals surface area contributed by atoms with Crippen molar-refractivity contribution in [3.05, 3.63) is 11.6 Å². The zero-order chi connectivity index (χ0) is 11.1. The van der Waals surface area contributed by atoms with E-state index in [0.29, 0.717) is 11.3 Å². The van der Waals surface area contributed by atoms with E-state index in [4.69, 9.17) is 0 Å². The van der Waals surface area contributed by atoms with Gasteiger partial charge in [-0.2, -0.15) is 0 Å². The third-order valence-electron chi connectivity index (χ3n) is 4.62. The highest BCUT2D eigenvalue weighted by Crippen LogP contribution is 2.51. The first kappa shape index (κ1) is 10.9. The van der Waals surface area contributed by atoms with Crippen LogP contribution < -0.4 is 0 Å². The van der Waals surface area contributed by atoms with Gasteiger partial charge in [-0.1, -0.05) is 32.8 Å². The zero-order valence-corrected chi connectivity index (χ0v) is 10.2. The molecule has 84 valence electrons. The lowest BCUT2D eigenvalue weighted by atomic mass is 9.58. The molecule has 0 aliphatic heterocycles. The monoisotopic (exact) mass is 206 g/mol. The second-order valence-corrected chi connectivity index (χ2v) is 5.80. The van der Waals surface area contributed by atoms with Crippen LogP contribution in [0.5, 0.6) is 0 Å². The summed E-state index contributed by atoms with van der Waals surface area (Å²) in [4.78, 5) is 11.4. The van der Waals surface area contributed by atoms with Crippen molar-refractivity contribution in [2.45, 2.75) is 52.9 Å². The molecule has 2 rings (SSSR count). The lowest BCUT2D eigenvalue weighted by Gasteiger charge is -2.47. The quantitative estimate of drug-likeness (QED) is 0.638. The maximum Gasteiger partial charge on any atom is 0.155 e. The van der Waals surface area contributed by atoms with E-state index >= 15 is 0 Å². The van der Waals surface area contributed by atoms with E-state index in [1.54, 1.807) is 6.92 Å². The number of carbonyl (C=O) groups excluding carboxylic acids is 1. The molecule has 2 aliphatic carbocycles. The molecule has 0 aromatic heterocycles. The van der Waals surface area contributed by atoms with E-state index in [1.165, 1.54) is 25.7 Å². The Labute approximate surface area is 92.9 Å². The van der Waals surface area contributed by atoms with Crippen molar-refractivity contribution < 1.29 is 4.79 Å². The highest BCUT2D eigenvalue weighted by molar-refractivity contribution is 5.93. The van der Waals surface area contributed by atoms with E-state index in [2.05, 4.69) is 19.9 Å². The van der Waals surface area contributed by atoms with Crippen LogP contribution in [0, 0.1) is 17.3 Å². The van der Waals surface area contributed by atoms with Gasteiger partial charge in [-0.15, -0.1) is 0 Å². The Morgan fingerprint density at radius 1 is 1.47 bits per heavy atom. The number of allylic oxidation sites excluding steroid dienone is 2. The zero-order valence-electron chi connectivity index (χ0n) is 10.2. The van der Waals surface area contributed by atoms with E-state index in [0.717, 1.165) is 17.9 Å². The fraction of sp³-hybridized carbons (Fsp3) is 0.786. The number of hydrogen-bond acceptors (Lipinski definition) is 1. The Morgan fingerprint density at radius 2 is 2.20 bits per heavy atom. The molecular formula is C14H22O. The molecule has 0 aromatic rings. The van der Waals surface area contributed by atoms with Crippen molar-refractivity contribution in [2.24, 2.45) is 17.3 Å². The largest absolute Gasteiger partial charge is 0.295 e. The van der Waals surface area contributed by atoms with Gasteiger partial charge < -0.3 is 0 Å². The van der Waals surface area contributed by atoms with Gasteiger partial charge in [-0.25, -0.2) is 0 Å². The predicted octanol–water partition coefficient (Wildman–Crippen LogP) is 3.74. The third-order valence-corrected chi connectivity index (χ3v) is 4.62. The van der Waals surface area contributed by atoms with Crippen LogP contribution in [0.4, 0.5) is 0 Å². The Hall–Kier alpha value is -0.590. The van der Waals surface area contributed by atoms with Crippen LogP contribution in [-0.2, 0) is 4.79 Å². The summed E-state index contributed by atoms with van der Waals surface area (Å²) in [5, 5.41) is 0. The Morgan fingerprint density at radius 3 is 2.87 bits per heavy atom. The Bertz CT molecular complexity index is 302. The fourth-order valence-electron chi connectivity index (χ4n) is 3.53. The Balaban J connectivity index is 2.28. The number of rotatable bonds is 1. The molecule has 0 spiro atoms. The molecule has 3 atom stereocenters. The van der Waals surface area contributed by atoms with Gasteiger partial charge in [-0.3, -0.25) is 4.79 Å². The minimum absolute atomic E-state index is 0.287. The van der Waals surface area contributed by atoms with Crippen molar-refractivity contribution in [1.29, 1.82) is 0 Å². The van der Waals surface area contributed by atoms with E-state index in [-0.39, 0.29) is 5.78 Å². The fourth-order valence-corrected chi connectivity index (χ4v) is 3.53. The molecule has 2 aliphatic rings. The first-order chi connectivity index (χ1) is 7.03. The highest BCUT2D eigenvalue weighted by Gasteiger charge is 2.41. The van der Waals surface area contributed by atoms with Crippen LogP contribution >= 0.6 is 0 Å². The first-order valence-electron chi connectivity index (χ1n) is 6.24. The van der Waals surface area contributed by atoms with Crippen LogP contribution in [0.15, 0.2) is 11.6 Å². The van der Waals surface area contributed by atoms with E-state index in [9.17, 15) is 4.79 Å². The smallest absolute Gasteiger partial charge is 0.155 e. The number of hydrogen-bond donors (Lipinski definition) is 0. The molecular weight excluding hydrogens is 184 g/mol. The molecule has 1 fully saturated rings. The van der Waals surface area contributed by atoms with Gasteiger partial charge in [0.25, 0.3) is 0 Å². The van der Waals surface area contributed by atoms with Gasteiger partial charge in [0.2, 0.25) is 0 Å². The second kappa shape index (κ2) is 3.77. The summed E-state index contributed by atoms with van der Waals surface area (Å²) in [5.74, 6) is 1.70. The molecule has 0 saturated heterocycles. The van der Waals surface area contributed by atoms with Gasteiger partial charge in [0.15, 0.2) is 5.78 Å². The predicted molar refractivity (Wildman–Crippen MR) is 62.6 cm³/mol. The van der Waals surface area contributed by atoms with Crippen LogP contribution in [0.2, 0.25) is 0 Å². The normalized spacial score (nSPS) is 40.6. The standard InChI is InChI=1S/C14H22O/c1-10-5-4-7-14(3)8-6-12(11(2)15)9-13(10)14/h9-10,13H,4-8H2,1-3H3/t10-,13-,14-/m1/s1. The van der Waals surface area contributed by atoms with Gasteiger partial charge >= 0.3 is 0 Å². The van der Waals surface area contributed by atoms with Gasteiger partial charge in [0, 0.05) is 0 Å². The molecule has 15 heavy (non-hydrogen) atoms. The van der Waals surface area contributed by atoms with Crippen molar-refractivity contribution in [2.75, 3.05) is 0 Å². The molecule has 0 amide bonds. The molecule has 0 N–H and O–H groups in total. The van der Waals surface area contributed by atoms with Crippen molar-refractivity contribution in [3.8, 4) is 0 Å². The summed E-state index contributed by atoms with van der Waals surface area (Å²) >= 11 is 0. The molecule has 0 heterocycles. The number of ketones is 1. The van der Waals surface area contributed by atoms with E-state index < -0.39 is 0 Å². The van der Waals surface area contributed by atoms with Gasteiger partial charge in [0.1, 0.15) is 0 Å². The molecule has 0 radical (unpaired) electrons. The Kier molecular flexibility index (Phi) is 2.74. The minimum atomic E-state index is 0.287. The van der Waals surface area contributed by atoms with Crippen molar-refractivity contribution in [1.82, 2.24) is 0 Å². The average molecular weight is 206 g/mol. The lowest BCUT2D eigenvalue weighted by Crippen LogP contribution is -2.37. The maximum atomic E-state index is 11.4. The average Bonchev–Trinajstić information content (AvgIpc) is 2.17. The van der Waals surface area contributed by atoms with Crippen LogP contribution in [0.3, 0.4) is 0 Å². The summed E-state index contributed by atoms with van der Waals surface area (Å²) in [6, 6.07) is 0. The first-order valence-corrected chi connectivity index (χ1v) is 6.24. The van der Waals surface area contributed by atoms with Gasteiger partial charge in [-0.05, 0) is 49.0 Å². The molecule has 1 heteroatoms. The molecule has 1 nitrogen and oxygen atoms in total. The highest BCUT2D eigenvalue weighted by atomic mass is 16.1. The molecule has 1 saturated carbocycles. The van der Waals surface area contributed by atoms with Crippen LogP contribution in [-0.4, -0.2) is 5.78 Å². The lowest BCUT2D eigenvalue weighted by molar-refractivity contribution is -0.114. The molecule has 0 bridgehead atoms. The topological polar surface area (TPSA) is 17.1 Å². The van der Waals surface area contributed by atoms with Crippen molar-refractivity contribution >= 4 is 5.78 Å². The van der Waals surface area contributed by atoms with Crippen LogP contribution in [0.25, 0.3) is 0 Å². The second-order valence-electron chi connectivity index (χ2n) is 5.80. The molecule has 0 aromatic carbocycles. The van der Waals surface area contributed by atoms with Crippen molar-refractivity contribution in [3.63, 3.8) is 0 Å². The summed E-state index contributed by atoms with van der Waals surface area (Å²) in [6.45, 7) is 6.48. The SMILES string of the molecule is CC(=O)C1=C[C@@H]2[C@H](C)CCC[C@]2(C)CC1. The number of fused-ring (bicyclic) bond motifs is 1. The molecule has 0 unspecified atom stereocenters. The maximum absolute atomic E-state index is 11.4. The summed E-state index contributed by atoms with van der Waals surface area (Å²) in [6.07, 6.45) is 8.58. The minimum Gasteiger partial charge on any atom is -0.295 e. The van der Waals surface area contributed by atoms with Crippen LogP contribution in [0.1, 0.15) is 52.9 Å². The van der Waals surface area contributed by atoms with Gasteiger partial charge in [0.05, 0.1) is 0 Å². The third kappa shape index (κ3) is 1.89. The summed E-state index contributed by atoms with van der Waals surface area (Å²) in [5.41, 5.74) is 1.57. The number of Topliss-reactive ketones (excluding diaryl/α,β-unsaturated/α-hetero) is 1.